The van der Waals surface area contributed by atoms with Crippen LogP contribution in [0.15, 0.2) is 42.5 Å². The molecule has 0 amide bonds. The third-order valence-electron chi connectivity index (χ3n) is 2.34. The van der Waals surface area contributed by atoms with Crippen molar-refractivity contribution in [1.29, 1.82) is 0 Å². The summed E-state index contributed by atoms with van der Waals surface area (Å²) in [6.45, 7) is 0.368. The van der Waals surface area contributed by atoms with Crippen LogP contribution in [0.4, 0.5) is 10.1 Å². The predicted octanol–water partition coefficient (Wildman–Crippen LogP) is 4.74. The lowest BCUT2D eigenvalue weighted by Crippen LogP contribution is -2.01. The molecule has 2 aromatic rings. The maximum atomic E-state index is 13.6. The maximum absolute atomic E-state index is 13.6. The summed E-state index contributed by atoms with van der Waals surface area (Å²) in [4.78, 5) is 0. The molecule has 4 heteroatoms. The molecular weight excluding hydrogens is 260 g/mol. The maximum Gasteiger partial charge on any atom is 0.146 e. The molecule has 0 radical (unpaired) electrons. The average molecular weight is 270 g/mol. The molecule has 2 aromatic carbocycles. The second-order valence-corrected chi connectivity index (χ2v) is 4.42. The van der Waals surface area contributed by atoms with Crippen LogP contribution in [0.3, 0.4) is 0 Å². The van der Waals surface area contributed by atoms with Gasteiger partial charge in [-0.1, -0.05) is 41.4 Å². The highest BCUT2D eigenvalue weighted by Gasteiger charge is 2.05. The van der Waals surface area contributed by atoms with Crippen LogP contribution in [-0.2, 0) is 6.54 Å². The first-order valence-corrected chi connectivity index (χ1v) is 5.85. The molecule has 0 atom stereocenters. The highest BCUT2D eigenvalue weighted by atomic mass is 35.5. The molecule has 0 saturated heterocycles. The van der Waals surface area contributed by atoms with Crippen LogP contribution in [0.25, 0.3) is 0 Å². The van der Waals surface area contributed by atoms with Crippen LogP contribution in [0.5, 0.6) is 0 Å². The van der Waals surface area contributed by atoms with Crippen LogP contribution in [0.1, 0.15) is 5.56 Å². The molecule has 0 aromatic heterocycles. The fourth-order valence-electron chi connectivity index (χ4n) is 1.48. The smallest absolute Gasteiger partial charge is 0.146 e. The van der Waals surface area contributed by atoms with E-state index >= 15 is 0 Å². The first kappa shape index (κ1) is 12.2. The Labute approximate surface area is 109 Å². The zero-order valence-electron chi connectivity index (χ0n) is 8.88. The van der Waals surface area contributed by atoms with E-state index in [9.17, 15) is 4.39 Å². The highest BCUT2D eigenvalue weighted by Crippen LogP contribution is 2.20. The van der Waals surface area contributed by atoms with E-state index in [4.69, 9.17) is 23.2 Å². The van der Waals surface area contributed by atoms with Crippen molar-refractivity contribution in [3.8, 4) is 0 Å². The van der Waals surface area contributed by atoms with Crippen molar-refractivity contribution >= 4 is 28.9 Å². The summed E-state index contributed by atoms with van der Waals surface area (Å²) in [5.41, 5.74) is 1.37. The van der Waals surface area contributed by atoms with Gasteiger partial charge in [0.25, 0.3) is 0 Å². The minimum Gasteiger partial charge on any atom is -0.381 e. The molecule has 2 rings (SSSR count). The van der Waals surface area contributed by atoms with E-state index in [0.717, 1.165) is 5.69 Å². The van der Waals surface area contributed by atoms with E-state index in [1.54, 1.807) is 24.3 Å². The lowest BCUT2D eigenvalue weighted by atomic mass is 10.2. The number of anilines is 1. The Kier molecular flexibility index (Phi) is 3.87. The second kappa shape index (κ2) is 5.39. The number of halogens is 3. The fourth-order valence-corrected chi connectivity index (χ4v) is 1.87. The number of rotatable bonds is 3. The second-order valence-electron chi connectivity index (χ2n) is 3.58. The van der Waals surface area contributed by atoms with Crippen molar-refractivity contribution in [1.82, 2.24) is 0 Å². The van der Waals surface area contributed by atoms with E-state index in [0.29, 0.717) is 17.1 Å². The van der Waals surface area contributed by atoms with E-state index in [1.165, 1.54) is 6.07 Å². The molecule has 0 unspecified atom stereocenters. The van der Waals surface area contributed by atoms with Crippen molar-refractivity contribution in [2.24, 2.45) is 0 Å². The van der Waals surface area contributed by atoms with Crippen molar-refractivity contribution in [3.63, 3.8) is 0 Å². The lowest BCUT2D eigenvalue weighted by molar-refractivity contribution is 0.613. The number of hydrogen-bond acceptors (Lipinski definition) is 1. The van der Waals surface area contributed by atoms with Crippen molar-refractivity contribution in [2.75, 3.05) is 5.32 Å². The van der Waals surface area contributed by atoms with E-state index in [-0.39, 0.29) is 10.8 Å². The first-order chi connectivity index (χ1) is 8.16. The van der Waals surface area contributed by atoms with Crippen LogP contribution in [-0.4, -0.2) is 0 Å². The number of benzene rings is 2. The van der Waals surface area contributed by atoms with Crippen LogP contribution < -0.4 is 5.32 Å². The van der Waals surface area contributed by atoms with Gasteiger partial charge in [-0.25, -0.2) is 4.39 Å². The van der Waals surface area contributed by atoms with Gasteiger partial charge in [-0.05, 0) is 24.3 Å². The molecule has 17 heavy (non-hydrogen) atoms. The SMILES string of the molecule is Fc1c(Cl)cccc1CNc1cccc(Cl)c1. The quantitative estimate of drug-likeness (QED) is 0.849. The van der Waals surface area contributed by atoms with Gasteiger partial charge in [0, 0.05) is 22.8 Å². The predicted molar refractivity (Wildman–Crippen MR) is 70.2 cm³/mol. The first-order valence-electron chi connectivity index (χ1n) is 5.09. The van der Waals surface area contributed by atoms with Gasteiger partial charge in [0.15, 0.2) is 0 Å². The minimum absolute atomic E-state index is 0.135. The van der Waals surface area contributed by atoms with Crippen molar-refractivity contribution in [2.45, 2.75) is 6.54 Å². The minimum atomic E-state index is -0.385. The van der Waals surface area contributed by atoms with Gasteiger partial charge >= 0.3 is 0 Å². The van der Waals surface area contributed by atoms with Gasteiger partial charge in [0.2, 0.25) is 0 Å². The zero-order chi connectivity index (χ0) is 12.3. The van der Waals surface area contributed by atoms with E-state index in [2.05, 4.69) is 5.32 Å². The molecule has 0 aliphatic rings. The molecule has 0 bridgehead atoms. The summed E-state index contributed by atoms with van der Waals surface area (Å²) in [6.07, 6.45) is 0. The molecule has 1 N–H and O–H groups in total. The van der Waals surface area contributed by atoms with Gasteiger partial charge in [-0.3, -0.25) is 0 Å². The Balaban J connectivity index is 2.10. The highest BCUT2D eigenvalue weighted by molar-refractivity contribution is 6.31. The Bertz CT molecular complexity index is 529. The van der Waals surface area contributed by atoms with Gasteiger partial charge in [0.1, 0.15) is 5.82 Å². The monoisotopic (exact) mass is 269 g/mol. The Morgan fingerprint density at radius 3 is 2.59 bits per heavy atom. The molecule has 1 nitrogen and oxygen atoms in total. The molecular formula is C13H10Cl2FN. The summed E-state index contributed by atoms with van der Waals surface area (Å²) in [6, 6.07) is 12.2. The standard InChI is InChI=1S/C13H10Cl2FN/c14-10-4-2-5-11(7-10)17-8-9-3-1-6-12(15)13(9)16/h1-7,17H,8H2. The summed E-state index contributed by atoms with van der Waals surface area (Å²) >= 11 is 11.5. The summed E-state index contributed by atoms with van der Waals surface area (Å²) < 4.78 is 13.6. The Morgan fingerprint density at radius 2 is 1.82 bits per heavy atom. The lowest BCUT2D eigenvalue weighted by Gasteiger charge is -2.08. The Hall–Kier alpha value is -1.25. The molecule has 0 spiro atoms. The van der Waals surface area contributed by atoms with Gasteiger partial charge < -0.3 is 5.32 Å². The van der Waals surface area contributed by atoms with E-state index < -0.39 is 0 Å². The van der Waals surface area contributed by atoms with Crippen molar-refractivity contribution in [3.05, 3.63) is 63.9 Å². The van der Waals surface area contributed by atoms with Crippen LogP contribution >= 0.6 is 23.2 Å². The fraction of sp³-hybridized carbons (Fsp3) is 0.0769. The topological polar surface area (TPSA) is 12.0 Å². The Morgan fingerprint density at radius 1 is 1.06 bits per heavy atom. The normalized spacial score (nSPS) is 10.3. The molecule has 0 heterocycles. The van der Waals surface area contributed by atoms with Crippen LogP contribution in [0, 0.1) is 5.82 Å². The summed E-state index contributed by atoms with van der Waals surface area (Å²) in [7, 11) is 0. The van der Waals surface area contributed by atoms with Crippen LogP contribution in [0.2, 0.25) is 10.0 Å². The summed E-state index contributed by atoms with van der Waals surface area (Å²) in [5, 5.41) is 3.86. The molecule has 0 aliphatic heterocycles. The molecule has 0 saturated carbocycles. The summed E-state index contributed by atoms with van der Waals surface area (Å²) in [5.74, 6) is -0.385. The average Bonchev–Trinajstić information content (AvgIpc) is 2.31. The zero-order valence-corrected chi connectivity index (χ0v) is 10.4. The largest absolute Gasteiger partial charge is 0.381 e. The van der Waals surface area contributed by atoms with E-state index in [1.807, 2.05) is 12.1 Å². The number of hydrogen-bond donors (Lipinski definition) is 1. The van der Waals surface area contributed by atoms with Gasteiger partial charge in [0.05, 0.1) is 5.02 Å². The van der Waals surface area contributed by atoms with Gasteiger partial charge in [-0.15, -0.1) is 0 Å². The molecule has 88 valence electrons. The molecule has 0 fully saturated rings. The third-order valence-corrected chi connectivity index (χ3v) is 2.87. The van der Waals surface area contributed by atoms with Gasteiger partial charge in [-0.2, -0.15) is 0 Å². The van der Waals surface area contributed by atoms with Crippen molar-refractivity contribution < 1.29 is 4.39 Å². The number of nitrogens with one attached hydrogen (secondary N) is 1. The molecule has 0 aliphatic carbocycles. The third kappa shape index (κ3) is 3.11.